The van der Waals surface area contributed by atoms with Gasteiger partial charge in [-0.3, -0.25) is 9.59 Å². The molecule has 1 heterocycles. The molecule has 0 unspecified atom stereocenters. The molecule has 7 nitrogen and oxygen atoms in total. The van der Waals surface area contributed by atoms with E-state index >= 15 is 0 Å². The minimum absolute atomic E-state index is 0.0182. The molecular formula is C11H16BrN3O4. The van der Waals surface area contributed by atoms with Gasteiger partial charge < -0.3 is 14.8 Å². The first kappa shape index (κ1) is 15.6. The highest BCUT2D eigenvalue weighted by molar-refractivity contribution is 9.10. The molecule has 1 aromatic rings. The second kappa shape index (κ2) is 7.90. The first-order valence-electron chi connectivity index (χ1n) is 5.74. The maximum absolute atomic E-state index is 11.9. The number of nitrogens with zero attached hydrogens (tertiary/aromatic N) is 2. The van der Waals surface area contributed by atoms with E-state index in [0.29, 0.717) is 29.9 Å². The Bertz CT molecular complexity index is 489. The van der Waals surface area contributed by atoms with E-state index < -0.39 is 5.97 Å². The highest BCUT2D eigenvalue weighted by Crippen LogP contribution is 2.15. The number of esters is 1. The van der Waals surface area contributed by atoms with Gasteiger partial charge in [-0.05, 0) is 22.9 Å². The predicted molar refractivity (Wildman–Crippen MR) is 73.2 cm³/mol. The minimum Gasteiger partial charge on any atom is -0.465 e. The van der Waals surface area contributed by atoms with Gasteiger partial charge in [-0.25, -0.2) is 4.68 Å². The number of hydrogen-bond acceptors (Lipinski definition) is 6. The molecule has 0 amide bonds. The van der Waals surface area contributed by atoms with Gasteiger partial charge in [0.15, 0.2) is 0 Å². The van der Waals surface area contributed by atoms with Crippen LogP contribution < -0.4 is 10.9 Å². The van der Waals surface area contributed by atoms with Crippen LogP contribution in [0.3, 0.4) is 0 Å². The number of carbonyl (C=O) groups is 1. The molecule has 0 fully saturated rings. The van der Waals surface area contributed by atoms with Crippen LogP contribution >= 0.6 is 15.9 Å². The van der Waals surface area contributed by atoms with Gasteiger partial charge in [0.25, 0.3) is 5.56 Å². The molecule has 1 aromatic heterocycles. The number of aromatic nitrogens is 2. The fourth-order valence-corrected chi connectivity index (χ4v) is 1.75. The van der Waals surface area contributed by atoms with Gasteiger partial charge in [0.1, 0.15) is 11.0 Å². The SMILES string of the molecule is CCOC(=O)CNc1cnn(CCOC)c(=O)c1Br. The van der Waals surface area contributed by atoms with Gasteiger partial charge in [0.05, 0.1) is 31.6 Å². The highest BCUT2D eigenvalue weighted by atomic mass is 79.9. The molecule has 0 saturated carbocycles. The number of halogens is 1. The second-order valence-electron chi connectivity index (χ2n) is 3.55. The number of hydrogen-bond donors (Lipinski definition) is 1. The molecule has 8 heteroatoms. The zero-order chi connectivity index (χ0) is 14.3. The number of nitrogens with one attached hydrogen (secondary N) is 1. The number of rotatable bonds is 7. The third-order valence-electron chi connectivity index (χ3n) is 2.22. The zero-order valence-electron chi connectivity index (χ0n) is 10.8. The number of ether oxygens (including phenoxy) is 2. The Morgan fingerprint density at radius 3 is 2.95 bits per heavy atom. The van der Waals surface area contributed by atoms with Gasteiger partial charge >= 0.3 is 5.97 Å². The van der Waals surface area contributed by atoms with Crippen molar-refractivity contribution < 1.29 is 14.3 Å². The highest BCUT2D eigenvalue weighted by Gasteiger charge is 2.10. The molecule has 0 spiro atoms. The Balaban J connectivity index is 2.73. The van der Waals surface area contributed by atoms with E-state index in [0.717, 1.165) is 0 Å². The van der Waals surface area contributed by atoms with Crippen molar-refractivity contribution in [1.29, 1.82) is 0 Å². The molecule has 0 bridgehead atoms. The smallest absolute Gasteiger partial charge is 0.325 e. The van der Waals surface area contributed by atoms with E-state index in [1.807, 2.05) is 0 Å². The van der Waals surface area contributed by atoms with Crippen molar-refractivity contribution in [2.45, 2.75) is 13.5 Å². The Labute approximate surface area is 119 Å². The standard InChI is InChI=1S/C11H16BrN3O4/c1-3-19-9(16)7-13-8-6-14-15(4-5-18-2)11(17)10(8)12/h6,13H,3-5,7H2,1-2H3. The van der Waals surface area contributed by atoms with Crippen LogP contribution in [0.25, 0.3) is 0 Å². The lowest BCUT2D eigenvalue weighted by Gasteiger charge is -2.09. The number of anilines is 1. The number of carbonyl (C=O) groups excluding carboxylic acids is 1. The average Bonchev–Trinajstić information content (AvgIpc) is 2.40. The Hall–Kier alpha value is -1.41. The predicted octanol–water partition coefficient (Wildman–Crippen LogP) is 0.627. The van der Waals surface area contributed by atoms with Crippen molar-refractivity contribution in [1.82, 2.24) is 9.78 Å². The van der Waals surface area contributed by atoms with Crippen molar-refractivity contribution in [3.63, 3.8) is 0 Å². The van der Waals surface area contributed by atoms with Gasteiger partial charge in [0.2, 0.25) is 0 Å². The van der Waals surface area contributed by atoms with E-state index in [9.17, 15) is 9.59 Å². The van der Waals surface area contributed by atoms with Crippen LogP contribution in [0.4, 0.5) is 5.69 Å². The molecule has 106 valence electrons. The Morgan fingerprint density at radius 1 is 1.58 bits per heavy atom. The molecule has 0 aromatic carbocycles. The lowest BCUT2D eigenvalue weighted by atomic mass is 10.4. The summed E-state index contributed by atoms with van der Waals surface area (Å²) < 4.78 is 11.3. The summed E-state index contributed by atoms with van der Waals surface area (Å²) in [6.45, 7) is 2.79. The molecule has 1 N–H and O–H groups in total. The normalized spacial score (nSPS) is 10.3. The van der Waals surface area contributed by atoms with Crippen molar-refractivity contribution in [3.05, 3.63) is 21.0 Å². The maximum atomic E-state index is 11.9. The molecule has 0 aliphatic carbocycles. The lowest BCUT2D eigenvalue weighted by Crippen LogP contribution is -2.27. The minimum atomic E-state index is -0.391. The second-order valence-corrected chi connectivity index (χ2v) is 4.34. The van der Waals surface area contributed by atoms with Crippen LogP contribution in [0.5, 0.6) is 0 Å². The summed E-state index contributed by atoms with van der Waals surface area (Å²) in [5.74, 6) is -0.391. The summed E-state index contributed by atoms with van der Waals surface area (Å²) in [4.78, 5) is 23.1. The molecule has 0 aliphatic rings. The summed E-state index contributed by atoms with van der Waals surface area (Å²) in [5.41, 5.74) is 0.164. The summed E-state index contributed by atoms with van der Waals surface area (Å²) in [6, 6.07) is 0. The lowest BCUT2D eigenvalue weighted by molar-refractivity contribution is -0.140. The molecule has 0 saturated heterocycles. The monoisotopic (exact) mass is 333 g/mol. The van der Waals surface area contributed by atoms with Gasteiger partial charge in [-0.2, -0.15) is 5.10 Å². The molecule has 19 heavy (non-hydrogen) atoms. The first-order chi connectivity index (χ1) is 9.10. The zero-order valence-corrected chi connectivity index (χ0v) is 12.4. The van der Waals surface area contributed by atoms with Crippen LogP contribution in [0, 0.1) is 0 Å². The van der Waals surface area contributed by atoms with E-state index in [1.54, 1.807) is 14.0 Å². The van der Waals surface area contributed by atoms with Crippen LogP contribution in [0.1, 0.15) is 6.92 Å². The van der Waals surface area contributed by atoms with Crippen molar-refractivity contribution >= 4 is 27.6 Å². The third-order valence-corrected chi connectivity index (χ3v) is 2.99. The average molecular weight is 334 g/mol. The van der Waals surface area contributed by atoms with E-state index in [-0.39, 0.29) is 12.1 Å². The molecule has 0 atom stereocenters. The van der Waals surface area contributed by atoms with Crippen LogP contribution in [-0.4, -0.2) is 42.6 Å². The first-order valence-corrected chi connectivity index (χ1v) is 6.53. The summed E-state index contributed by atoms with van der Waals surface area (Å²) in [6.07, 6.45) is 1.47. The van der Waals surface area contributed by atoms with Gasteiger partial charge in [-0.15, -0.1) is 0 Å². The van der Waals surface area contributed by atoms with Crippen LogP contribution in [0.15, 0.2) is 15.5 Å². The molecule has 0 aliphatic heterocycles. The summed E-state index contributed by atoms with van der Waals surface area (Å²) in [7, 11) is 1.55. The summed E-state index contributed by atoms with van der Waals surface area (Å²) in [5, 5.41) is 6.77. The molecule has 1 rings (SSSR count). The van der Waals surface area contributed by atoms with E-state index in [1.165, 1.54) is 10.9 Å². The summed E-state index contributed by atoms with van der Waals surface area (Å²) >= 11 is 3.18. The molecule has 0 radical (unpaired) electrons. The Morgan fingerprint density at radius 2 is 2.32 bits per heavy atom. The van der Waals surface area contributed by atoms with E-state index in [4.69, 9.17) is 9.47 Å². The van der Waals surface area contributed by atoms with E-state index in [2.05, 4.69) is 26.3 Å². The quantitative estimate of drug-likeness (QED) is 0.737. The number of methoxy groups -OCH3 is 1. The van der Waals surface area contributed by atoms with Crippen molar-refractivity contribution in [2.75, 3.05) is 32.2 Å². The third kappa shape index (κ3) is 4.64. The topological polar surface area (TPSA) is 82.4 Å². The fraction of sp³-hybridized carbons (Fsp3) is 0.545. The largest absolute Gasteiger partial charge is 0.465 e. The maximum Gasteiger partial charge on any atom is 0.325 e. The van der Waals surface area contributed by atoms with Gasteiger partial charge in [0, 0.05) is 7.11 Å². The molecular weight excluding hydrogens is 318 g/mol. The van der Waals surface area contributed by atoms with Crippen LogP contribution in [0.2, 0.25) is 0 Å². The van der Waals surface area contributed by atoms with Gasteiger partial charge in [-0.1, -0.05) is 0 Å². The van der Waals surface area contributed by atoms with Crippen LogP contribution in [-0.2, 0) is 20.8 Å². The van der Waals surface area contributed by atoms with Crippen molar-refractivity contribution in [3.8, 4) is 0 Å². The van der Waals surface area contributed by atoms with Crippen molar-refractivity contribution in [2.24, 2.45) is 0 Å². The Kier molecular flexibility index (Phi) is 6.51. The fourth-order valence-electron chi connectivity index (χ4n) is 1.30.